The van der Waals surface area contributed by atoms with Crippen LogP contribution in [-0.4, -0.2) is 6.54 Å². The van der Waals surface area contributed by atoms with Gasteiger partial charge in [0.25, 0.3) is 0 Å². The molecule has 0 bridgehead atoms. The lowest BCUT2D eigenvalue weighted by molar-refractivity contribution is 0.642. The summed E-state index contributed by atoms with van der Waals surface area (Å²) in [5, 5.41) is 6.39. The van der Waals surface area contributed by atoms with Gasteiger partial charge in [-0.25, -0.2) is 0 Å². The maximum absolute atomic E-state index is 3.66. The molecule has 1 aliphatic carbocycles. The molecule has 3 rings (SSSR count). The van der Waals surface area contributed by atoms with E-state index < -0.39 is 0 Å². The molecule has 126 valence electrons. The van der Waals surface area contributed by atoms with Crippen LogP contribution in [0.25, 0.3) is 16.3 Å². The molecule has 0 heterocycles. The van der Waals surface area contributed by atoms with E-state index in [0.29, 0.717) is 0 Å². The van der Waals surface area contributed by atoms with Gasteiger partial charge in [-0.3, -0.25) is 0 Å². The summed E-state index contributed by atoms with van der Waals surface area (Å²) in [6, 6.07) is 13.4. The lowest BCUT2D eigenvalue weighted by Crippen LogP contribution is -2.16. The number of nitrogens with one attached hydrogen (secondary N) is 1. The number of hydrogen-bond acceptors (Lipinski definition) is 1. The summed E-state index contributed by atoms with van der Waals surface area (Å²) in [6.45, 7) is 11.1. The average Bonchev–Trinajstić information content (AvgIpc) is 2.86. The molecule has 0 amide bonds. The van der Waals surface area contributed by atoms with Crippen LogP contribution in [0.4, 0.5) is 0 Å². The van der Waals surface area contributed by atoms with E-state index in [4.69, 9.17) is 0 Å². The van der Waals surface area contributed by atoms with Crippen LogP contribution in [0.5, 0.6) is 0 Å². The first-order valence-corrected chi connectivity index (χ1v) is 9.21. The molecule has 2 aromatic rings. The highest BCUT2D eigenvalue weighted by molar-refractivity contribution is 5.92. The lowest BCUT2D eigenvalue weighted by atomic mass is 9.91. The van der Waals surface area contributed by atoms with Gasteiger partial charge >= 0.3 is 0 Å². The molecule has 1 heteroatoms. The number of fused-ring (bicyclic) bond motifs is 1. The number of unbranched alkanes of at least 4 members (excludes halogenated alkanes) is 1. The van der Waals surface area contributed by atoms with E-state index in [1.807, 2.05) is 0 Å². The summed E-state index contributed by atoms with van der Waals surface area (Å²) >= 11 is 0. The fraction of sp³-hybridized carbons (Fsp3) is 0.391. The normalized spacial score (nSPS) is 15.0. The Hall–Kier alpha value is -1.86. The second-order valence-corrected chi connectivity index (χ2v) is 7.03. The van der Waals surface area contributed by atoms with E-state index in [-0.39, 0.29) is 0 Å². The van der Waals surface area contributed by atoms with Crippen LogP contribution in [-0.2, 0) is 6.54 Å². The van der Waals surface area contributed by atoms with E-state index in [9.17, 15) is 0 Å². The summed E-state index contributed by atoms with van der Waals surface area (Å²) in [4.78, 5) is 0. The molecule has 0 spiro atoms. The summed E-state index contributed by atoms with van der Waals surface area (Å²) in [6.07, 6.45) is 3.57. The van der Waals surface area contributed by atoms with E-state index in [1.165, 1.54) is 57.0 Å². The second-order valence-electron chi connectivity index (χ2n) is 7.03. The third-order valence-electron chi connectivity index (χ3n) is 5.47. The van der Waals surface area contributed by atoms with Crippen LogP contribution < -0.4 is 5.32 Å². The van der Waals surface area contributed by atoms with Crippen molar-refractivity contribution in [1.29, 1.82) is 0 Å². The van der Waals surface area contributed by atoms with E-state index in [0.717, 1.165) is 19.5 Å². The Bertz CT molecular complexity index is 808. The molecule has 0 atom stereocenters. The molecule has 0 fully saturated rings. The lowest BCUT2D eigenvalue weighted by Gasteiger charge is -2.16. The van der Waals surface area contributed by atoms with Crippen molar-refractivity contribution < 1.29 is 0 Å². The average molecular weight is 319 g/mol. The molecular formula is C23H29N. The van der Waals surface area contributed by atoms with Gasteiger partial charge in [0.1, 0.15) is 0 Å². The van der Waals surface area contributed by atoms with Gasteiger partial charge in [0.15, 0.2) is 0 Å². The van der Waals surface area contributed by atoms with Gasteiger partial charge < -0.3 is 5.32 Å². The van der Waals surface area contributed by atoms with Crippen LogP contribution in [0.3, 0.4) is 0 Å². The predicted octanol–water partition coefficient (Wildman–Crippen LogP) is 6.24. The Balaban J connectivity index is 2.04. The van der Waals surface area contributed by atoms with Crippen LogP contribution in [0.2, 0.25) is 0 Å². The van der Waals surface area contributed by atoms with Gasteiger partial charge in [0.05, 0.1) is 0 Å². The van der Waals surface area contributed by atoms with Crippen molar-refractivity contribution in [3.8, 4) is 0 Å². The fourth-order valence-electron chi connectivity index (χ4n) is 3.70. The zero-order valence-corrected chi connectivity index (χ0v) is 15.5. The number of benzene rings is 2. The van der Waals surface area contributed by atoms with Crippen LogP contribution in [0, 0.1) is 0 Å². The summed E-state index contributed by atoms with van der Waals surface area (Å²) in [7, 11) is 0. The quantitative estimate of drug-likeness (QED) is 0.621. The Morgan fingerprint density at radius 2 is 1.75 bits per heavy atom. The highest BCUT2D eigenvalue weighted by atomic mass is 14.8. The Morgan fingerprint density at radius 1 is 0.958 bits per heavy atom. The van der Waals surface area contributed by atoms with Crippen LogP contribution in [0.15, 0.2) is 53.1 Å². The van der Waals surface area contributed by atoms with Gasteiger partial charge in [-0.1, -0.05) is 55.3 Å². The van der Waals surface area contributed by atoms with E-state index >= 15 is 0 Å². The number of allylic oxidation sites excluding steroid dienone is 4. The highest BCUT2D eigenvalue weighted by Gasteiger charge is 2.20. The van der Waals surface area contributed by atoms with Gasteiger partial charge in [0.2, 0.25) is 0 Å². The minimum Gasteiger partial charge on any atom is -0.313 e. The van der Waals surface area contributed by atoms with Crippen molar-refractivity contribution in [1.82, 2.24) is 5.32 Å². The predicted molar refractivity (Wildman–Crippen MR) is 106 cm³/mol. The van der Waals surface area contributed by atoms with Crippen molar-refractivity contribution in [2.45, 2.75) is 53.5 Å². The minimum atomic E-state index is 0.950. The van der Waals surface area contributed by atoms with Crippen LogP contribution in [0.1, 0.15) is 58.1 Å². The molecule has 1 N–H and O–H groups in total. The molecule has 0 unspecified atom stereocenters. The molecule has 0 aromatic heterocycles. The number of hydrogen-bond donors (Lipinski definition) is 1. The molecule has 24 heavy (non-hydrogen) atoms. The minimum absolute atomic E-state index is 0.950. The zero-order valence-electron chi connectivity index (χ0n) is 15.5. The topological polar surface area (TPSA) is 12.0 Å². The number of rotatable bonds is 6. The molecule has 2 aromatic carbocycles. The molecule has 0 radical (unpaired) electrons. The first-order chi connectivity index (χ1) is 11.6. The maximum atomic E-state index is 3.66. The van der Waals surface area contributed by atoms with Crippen molar-refractivity contribution in [2.75, 3.05) is 6.54 Å². The van der Waals surface area contributed by atoms with Gasteiger partial charge in [0, 0.05) is 6.54 Å². The van der Waals surface area contributed by atoms with Crippen LogP contribution >= 0.6 is 0 Å². The molecule has 1 aliphatic rings. The largest absolute Gasteiger partial charge is 0.313 e. The third-order valence-corrected chi connectivity index (χ3v) is 5.47. The summed E-state index contributed by atoms with van der Waals surface area (Å²) in [5.41, 5.74) is 8.87. The molecule has 0 saturated heterocycles. The highest BCUT2D eigenvalue weighted by Crippen LogP contribution is 2.40. The van der Waals surface area contributed by atoms with E-state index in [2.05, 4.69) is 69.4 Å². The molecule has 0 aliphatic heterocycles. The zero-order chi connectivity index (χ0) is 17.1. The molecule has 0 saturated carbocycles. The van der Waals surface area contributed by atoms with Gasteiger partial charge in [-0.05, 0) is 78.8 Å². The standard InChI is InChI=1S/C23H29N/c1-5-6-13-24-15-23-20-10-8-7-9-19(20)11-12-21(23)22-14-16(2)17(3)18(22)4/h7-12,24H,5-6,13-15H2,1-4H3. The Morgan fingerprint density at radius 3 is 2.46 bits per heavy atom. The fourth-order valence-corrected chi connectivity index (χ4v) is 3.70. The smallest absolute Gasteiger partial charge is 0.0217 e. The first kappa shape index (κ1) is 17.0. The van der Waals surface area contributed by atoms with Crippen molar-refractivity contribution in [3.05, 3.63) is 64.2 Å². The monoisotopic (exact) mass is 319 g/mol. The van der Waals surface area contributed by atoms with Crippen molar-refractivity contribution in [2.24, 2.45) is 0 Å². The van der Waals surface area contributed by atoms with Crippen molar-refractivity contribution >= 4 is 16.3 Å². The first-order valence-electron chi connectivity index (χ1n) is 9.21. The molecular weight excluding hydrogens is 290 g/mol. The Labute approximate surface area is 146 Å². The second kappa shape index (κ2) is 7.36. The SMILES string of the molecule is CCCCNCc1c(C2=C(C)C(C)=C(C)C2)ccc2ccccc12. The van der Waals surface area contributed by atoms with Gasteiger partial charge in [-0.2, -0.15) is 0 Å². The Kier molecular flexibility index (Phi) is 5.20. The summed E-state index contributed by atoms with van der Waals surface area (Å²) in [5.74, 6) is 0. The van der Waals surface area contributed by atoms with Gasteiger partial charge in [-0.15, -0.1) is 0 Å². The van der Waals surface area contributed by atoms with Crippen molar-refractivity contribution in [3.63, 3.8) is 0 Å². The molecule has 1 nitrogen and oxygen atoms in total. The summed E-state index contributed by atoms with van der Waals surface area (Å²) < 4.78 is 0. The maximum Gasteiger partial charge on any atom is 0.0217 e. The third kappa shape index (κ3) is 3.18. The van der Waals surface area contributed by atoms with E-state index in [1.54, 1.807) is 0 Å².